The molecule has 2 rings (SSSR count). The van der Waals surface area contributed by atoms with Gasteiger partial charge in [-0.05, 0) is 46.5 Å². The third-order valence-corrected chi connectivity index (χ3v) is 4.85. The maximum absolute atomic E-state index is 12.4. The lowest BCUT2D eigenvalue weighted by molar-refractivity contribution is 0.0214. The fourth-order valence-electron chi connectivity index (χ4n) is 3.37. The van der Waals surface area contributed by atoms with Gasteiger partial charge in [-0.25, -0.2) is 4.79 Å². The average molecular weight is 520 g/mol. The first-order chi connectivity index (χ1) is 13.2. The summed E-state index contributed by atoms with van der Waals surface area (Å²) in [7, 11) is 3.74. The van der Waals surface area contributed by atoms with E-state index in [1.54, 1.807) is 4.68 Å². The van der Waals surface area contributed by atoms with Crippen molar-refractivity contribution in [2.75, 3.05) is 33.2 Å². The number of rotatable bonds is 5. The number of hydrogen-bond donors (Lipinski definition) is 1. The standard InChI is InChI=1S/C20H36N6O2.HI/c1-7-25(19(27)28-20(2,3)4)15-16-8-10-26(11-9-16)18(21-5)22-12-17-13-23-24(6)14-17;/h13-14,16H,7-12,15H2,1-6H3,(H,21,22);1H. The molecule has 8 nitrogen and oxygen atoms in total. The van der Waals surface area contributed by atoms with Crippen LogP contribution in [0, 0.1) is 5.92 Å². The summed E-state index contributed by atoms with van der Waals surface area (Å²) in [4.78, 5) is 20.9. The molecule has 1 aromatic rings. The molecule has 1 N–H and O–H groups in total. The van der Waals surface area contributed by atoms with E-state index in [2.05, 4.69) is 20.3 Å². The van der Waals surface area contributed by atoms with Gasteiger partial charge in [0, 0.05) is 58.6 Å². The molecule has 166 valence electrons. The maximum Gasteiger partial charge on any atom is 0.410 e. The van der Waals surface area contributed by atoms with Gasteiger partial charge in [-0.2, -0.15) is 5.10 Å². The Labute approximate surface area is 192 Å². The SMILES string of the molecule is CCN(CC1CCN(C(=NC)NCc2cnn(C)c2)CC1)C(=O)OC(C)(C)C.I. The Morgan fingerprint density at radius 3 is 2.52 bits per heavy atom. The smallest absolute Gasteiger partial charge is 0.410 e. The molecular weight excluding hydrogens is 483 g/mol. The number of guanidine groups is 1. The molecule has 1 fully saturated rings. The summed E-state index contributed by atoms with van der Waals surface area (Å²) in [6, 6.07) is 0. The number of piperidine rings is 1. The second-order valence-electron chi connectivity index (χ2n) is 8.37. The van der Waals surface area contributed by atoms with E-state index in [1.807, 2.05) is 59.1 Å². The molecule has 0 radical (unpaired) electrons. The Hall–Kier alpha value is -1.52. The minimum absolute atomic E-state index is 0. The Morgan fingerprint density at radius 1 is 1.38 bits per heavy atom. The van der Waals surface area contributed by atoms with E-state index in [1.165, 1.54) is 0 Å². The lowest BCUT2D eigenvalue weighted by atomic mass is 9.96. The Morgan fingerprint density at radius 2 is 2.03 bits per heavy atom. The van der Waals surface area contributed by atoms with Crippen LogP contribution in [-0.4, -0.2) is 70.5 Å². The number of aryl methyl sites for hydroxylation is 1. The van der Waals surface area contributed by atoms with E-state index < -0.39 is 5.60 Å². The summed E-state index contributed by atoms with van der Waals surface area (Å²) in [6.45, 7) is 11.7. The largest absolute Gasteiger partial charge is 0.444 e. The lowest BCUT2D eigenvalue weighted by Gasteiger charge is -2.36. The number of nitrogens with one attached hydrogen (secondary N) is 1. The van der Waals surface area contributed by atoms with Crippen molar-refractivity contribution in [3.63, 3.8) is 0 Å². The number of aromatic nitrogens is 2. The zero-order valence-corrected chi connectivity index (χ0v) is 21.0. The summed E-state index contributed by atoms with van der Waals surface area (Å²) in [5.41, 5.74) is 0.676. The van der Waals surface area contributed by atoms with E-state index in [0.717, 1.165) is 44.0 Å². The highest BCUT2D eigenvalue weighted by Crippen LogP contribution is 2.20. The van der Waals surface area contributed by atoms with Gasteiger partial charge in [0.25, 0.3) is 0 Å². The monoisotopic (exact) mass is 520 g/mol. The number of halogens is 1. The fourth-order valence-corrected chi connectivity index (χ4v) is 3.37. The summed E-state index contributed by atoms with van der Waals surface area (Å²) in [5, 5.41) is 7.61. The summed E-state index contributed by atoms with van der Waals surface area (Å²) >= 11 is 0. The van der Waals surface area contributed by atoms with Crippen LogP contribution < -0.4 is 5.32 Å². The van der Waals surface area contributed by atoms with Crippen molar-refractivity contribution in [1.29, 1.82) is 0 Å². The Balaban J connectivity index is 0.00000420. The van der Waals surface area contributed by atoms with E-state index in [-0.39, 0.29) is 30.1 Å². The van der Waals surface area contributed by atoms with Crippen molar-refractivity contribution in [2.45, 2.75) is 52.7 Å². The first kappa shape index (κ1) is 25.5. The van der Waals surface area contributed by atoms with Crippen LogP contribution in [0.4, 0.5) is 4.79 Å². The third kappa shape index (κ3) is 8.39. The molecule has 0 aliphatic carbocycles. The number of likely N-dealkylation sites (tertiary alicyclic amines) is 1. The molecule has 1 aromatic heterocycles. The molecule has 1 aliphatic heterocycles. The molecule has 1 saturated heterocycles. The molecule has 9 heteroatoms. The van der Waals surface area contributed by atoms with Crippen LogP contribution in [0.15, 0.2) is 17.4 Å². The molecule has 0 unspecified atom stereocenters. The van der Waals surface area contributed by atoms with Crippen molar-refractivity contribution in [1.82, 2.24) is 24.9 Å². The van der Waals surface area contributed by atoms with Crippen molar-refractivity contribution >= 4 is 36.0 Å². The molecular formula is C20H37IN6O2. The summed E-state index contributed by atoms with van der Waals surface area (Å²) in [6.07, 6.45) is 5.72. The van der Waals surface area contributed by atoms with Crippen LogP contribution in [0.25, 0.3) is 0 Å². The minimum Gasteiger partial charge on any atom is -0.444 e. The summed E-state index contributed by atoms with van der Waals surface area (Å²) in [5.74, 6) is 1.40. The normalized spacial score (nSPS) is 15.7. The molecule has 29 heavy (non-hydrogen) atoms. The zero-order valence-electron chi connectivity index (χ0n) is 18.6. The van der Waals surface area contributed by atoms with Crippen LogP contribution in [0.1, 0.15) is 46.1 Å². The van der Waals surface area contributed by atoms with Crippen LogP contribution in [0.5, 0.6) is 0 Å². The van der Waals surface area contributed by atoms with Gasteiger partial charge < -0.3 is 19.9 Å². The molecule has 0 spiro atoms. The van der Waals surface area contributed by atoms with Gasteiger partial charge in [0.15, 0.2) is 5.96 Å². The van der Waals surface area contributed by atoms with Gasteiger partial charge in [0.1, 0.15) is 5.60 Å². The quantitative estimate of drug-likeness (QED) is 0.367. The minimum atomic E-state index is -0.458. The lowest BCUT2D eigenvalue weighted by Crippen LogP contribution is -2.47. The average Bonchev–Trinajstić information content (AvgIpc) is 3.05. The summed E-state index contributed by atoms with van der Waals surface area (Å²) < 4.78 is 7.33. The molecule has 1 aliphatic rings. The van der Waals surface area contributed by atoms with Gasteiger partial charge in [-0.3, -0.25) is 9.67 Å². The maximum atomic E-state index is 12.4. The van der Waals surface area contributed by atoms with Crippen molar-refractivity contribution in [2.24, 2.45) is 18.0 Å². The van der Waals surface area contributed by atoms with Crippen molar-refractivity contribution in [3.05, 3.63) is 18.0 Å². The Kier molecular flexibility index (Phi) is 10.2. The fraction of sp³-hybridized carbons (Fsp3) is 0.750. The first-order valence-corrected chi connectivity index (χ1v) is 10.1. The number of hydrogen-bond acceptors (Lipinski definition) is 4. The van der Waals surface area contributed by atoms with E-state index >= 15 is 0 Å². The molecule has 0 atom stereocenters. The number of ether oxygens (including phenoxy) is 1. The van der Waals surface area contributed by atoms with Gasteiger partial charge in [-0.15, -0.1) is 24.0 Å². The van der Waals surface area contributed by atoms with Crippen LogP contribution in [-0.2, 0) is 18.3 Å². The van der Waals surface area contributed by atoms with Gasteiger partial charge >= 0.3 is 6.09 Å². The number of nitrogens with zero attached hydrogens (tertiary/aromatic N) is 5. The predicted molar refractivity (Wildman–Crippen MR) is 127 cm³/mol. The number of aliphatic imine (C=N–C) groups is 1. The van der Waals surface area contributed by atoms with Gasteiger partial charge in [-0.1, -0.05) is 0 Å². The highest BCUT2D eigenvalue weighted by atomic mass is 127. The van der Waals surface area contributed by atoms with E-state index in [9.17, 15) is 4.79 Å². The van der Waals surface area contributed by atoms with E-state index in [0.29, 0.717) is 19.0 Å². The van der Waals surface area contributed by atoms with Crippen LogP contribution in [0.3, 0.4) is 0 Å². The second kappa shape index (κ2) is 11.6. The van der Waals surface area contributed by atoms with Crippen molar-refractivity contribution < 1.29 is 9.53 Å². The van der Waals surface area contributed by atoms with Crippen LogP contribution >= 0.6 is 24.0 Å². The molecule has 0 saturated carbocycles. The number of carbonyl (C=O) groups excluding carboxylic acids is 1. The van der Waals surface area contributed by atoms with Gasteiger partial charge in [0.05, 0.1) is 6.20 Å². The highest BCUT2D eigenvalue weighted by molar-refractivity contribution is 14.0. The Bertz CT molecular complexity index is 662. The predicted octanol–water partition coefficient (Wildman–Crippen LogP) is 3.08. The highest BCUT2D eigenvalue weighted by Gasteiger charge is 2.27. The molecule has 0 aromatic carbocycles. The molecule has 2 heterocycles. The van der Waals surface area contributed by atoms with Crippen molar-refractivity contribution in [3.8, 4) is 0 Å². The third-order valence-electron chi connectivity index (χ3n) is 4.85. The molecule has 1 amide bonds. The molecule has 0 bridgehead atoms. The first-order valence-electron chi connectivity index (χ1n) is 10.1. The second-order valence-corrected chi connectivity index (χ2v) is 8.37. The van der Waals surface area contributed by atoms with E-state index in [4.69, 9.17) is 4.74 Å². The zero-order chi connectivity index (χ0) is 20.7. The number of amides is 1. The number of carbonyl (C=O) groups is 1. The van der Waals surface area contributed by atoms with Gasteiger partial charge in [0.2, 0.25) is 0 Å². The van der Waals surface area contributed by atoms with Crippen LogP contribution in [0.2, 0.25) is 0 Å². The topological polar surface area (TPSA) is 75.0 Å².